The van der Waals surface area contributed by atoms with Crippen LogP contribution in [0.4, 0.5) is 10.1 Å². The highest BCUT2D eigenvalue weighted by Crippen LogP contribution is 2.39. The van der Waals surface area contributed by atoms with Crippen LogP contribution in [0.25, 0.3) is 11.1 Å². The molecule has 1 N–H and O–H groups in total. The van der Waals surface area contributed by atoms with Crippen LogP contribution < -0.4 is 4.72 Å². The van der Waals surface area contributed by atoms with E-state index in [-0.39, 0.29) is 5.82 Å². The summed E-state index contributed by atoms with van der Waals surface area (Å²) in [5.41, 5.74) is 9.12. The van der Waals surface area contributed by atoms with Gasteiger partial charge in [-0.05, 0) is 89.9 Å². The third-order valence-corrected chi connectivity index (χ3v) is 6.11. The second-order valence-electron chi connectivity index (χ2n) is 7.92. The highest BCUT2D eigenvalue weighted by Gasteiger charge is 2.21. The topological polar surface area (TPSA) is 46.2 Å². The highest BCUT2D eigenvalue weighted by molar-refractivity contribution is 7.92. The molecular formula is C25H24FNO2S. The van der Waals surface area contributed by atoms with E-state index in [0.717, 1.165) is 52.5 Å². The summed E-state index contributed by atoms with van der Waals surface area (Å²) >= 11 is 0. The maximum absolute atomic E-state index is 14.0. The van der Waals surface area contributed by atoms with Gasteiger partial charge in [0.1, 0.15) is 5.82 Å². The van der Waals surface area contributed by atoms with Gasteiger partial charge in [0.05, 0.1) is 6.26 Å². The van der Waals surface area contributed by atoms with Crippen LogP contribution in [0.3, 0.4) is 0 Å². The molecule has 3 aromatic carbocycles. The minimum atomic E-state index is -3.36. The van der Waals surface area contributed by atoms with Crippen LogP contribution in [0.2, 0.25) is 0 Å². The molecule has 0 atom stereocenters. The molecule has 5 heteroatoms. The maximum atomic E-state index is 14.0. The molecule has 0 aromatic heterocycles. The van der Waals surface area contributed by atoms with E-state index >= 15 is 0 Å². The molecule has 0 saturated carbocycles. The summed E-state index contributed by atoms with van der Waals surface area (Å²) in [6, 6.07) is 18.8. The van der Waals surface area contributed by atoms with Crippen molar-refractivity contribution in [1.29, 1.82) is 0 Å². The van der Waals surface area contributed by atoms with Gasteiger partial charge in [-0.1, -0.05) is 42.0 Å². The van der Waals surface area contributed by atoms with Crippen molar-refractivity contribution in [1.82, 2.24) is 0 Å². The molecule has 1 aliphatic carbocycles. The monoisotopic (exact) mass is 421 g/mol. The Balaban J connectivity index is 1.96. The molecule has 4 rings (SSSR count). The van der Waals surface area contributed by atoms with Crippen LogP contribution in [-0.4, -0.2) is 14.7 Å². The molecule has 0 fully saturated rings. The van der Waals surface area contributed by atoms with Gasteiger partial charge in [-0.2, -0.15) is 0 Å². The fourth-order valence-corrected chi connectivity index (χ4v) is 4.73. The first-order valence-electron chi connectivity index (χ1n) is 9.89. The molecule has 0 radical (unpaired) electrons. The molecular weight excluding hydrogens is 397 g/mol. The molecule has 0 spiro atoms. The molecule has 0 bridgehead atoms. The standard InChI is InChI=1S/C25H24FNO2S/c1-16-7-11-23-19(13-16)8-9-20-14-21(26)10-12-24(20)25(23)17(2)18-5-4-6-22(15-18)27-30(3,28)29/h4-7,10-15,27H,8-9H2,1-3H3/b25-17+. The molecule has 0 aliphatic heterocycles. The van der Waals surface area contributed by atoms with E-state index in [4.69, 9.17) is 0 Å². The summed E-state index contributed by atoms with van der Waals surface area (Å²) in [6.45, 7) is 4.12. The zero-order valence-corrected chi connectivity index (χ0v) is 18.1. The Morgan fingerprint density at radius 2 is 1.60 bits per heavy atom. The van der Waals surface area contributed by atoms with Gasteiger partial charge in [-0.25, -0.2) is 12.8 Å². The number of hydrogen-bond acceptors (Lipinski definition) is 2. The lowest BCUT2D eigenvalue weighted by Gasteiger charge is -2.17. The second kappa shape index (κ2) is 7.73. The zero-order valence-electron chi connectivity index (χ0n) is 17.3. The number of anilines is 1. The molecule has 3 aromatic rings. The Labute approximate surface area is 177 Å². The van der Waals surface area contributed by atoms with Crippen molar-refractivity contribution in [2.24, 2.45) is 0 Å². The lowest BCUT2D eigenvalue weighted by atomic mass is 9.87. The van der Waals surface area contributed by atoms with Gasteiger partial charge in [-0.3, -0.25) is 4.72 Å². The predicted octanol–water partition coefficient (Wildman–Crippen LogP) is 5.58. The average molecular weight is 422 g/mol. The molecule has 0 amide bonds. The van der Waals surface area contributed by atoms with E-state index in [1.807, 2.05) is 31.2 Å². The average Bonchev–Trinajstić information content (AvgIpc) is 2.82. The van der Waals surface area contributed by atoms with Crippen molar-refractivity contribution in [3.8, 4) is 0 Å². The predicted molar refractivity (Wildman–Crippen MR) is 121 cm³/mol. The van der Waals surface area contributed by atoms with E-state index < -0.39 is 10.0 Å². The van der Waals surface area contributed by atoms with Crippen LogP contribution in [-0.2, 0) is 22.9 Å². The van der Waals surface area contributed by atoms with E-state index in [1.165, 1.54) is 17.2 Å². The van der Waals surface area contributed by atoms with Gasteiger partial charge in [0.25, 0.3) is 0 Å². The first kappa shape index (κ1) is 20.4. The van der Waals surface area contributed by atoms with E-state index in [1.54, 1.807) is 12.1 Å². The normalized spacial score (nSPS) is 15.1. The number of benzene rings is 3. The first-order chi connectivity index (χ1) is 14.2. The number of halogens is 1. The largest absolute Gasteiger partial charge is 0.284 e. The highest BCUT2D eigenvalue weighted by atomic mass is 32.2. The Bertz CT molecular complexity index is 1220. The molecule has 154 valence electrons. The van der Waals surface area contributed by atoms with Crippen LogP contribution in [0.15, 0.2) is 60.7 Å². The molecule has 3 nitrogen and oxygen atoms in total. The number of sulfonamides is 1. The van der Waals surface area contributed by atoms with Crippen LogP contribution in [0.1, 0.15) is 40.3 Å². The fourth-order valence-electron chi connectivity index (χ4n) is 4.18. The first-order valence-corrected chi connectivity index (χ1v) is 11.8. The second-order valence-corrected chi connectivity index (χ2v) is 9.67. The Hall–Kier alpha value is -2.92. The summed E-state index contributed by atoms with van der Waals surface area (Å²) in [7, 11) is -3.36. The number of fused-ring (bicyclic) bond motifs is 2. The molecule has 0 saturated heterocycles. The number of aryl methyl sites for hydroxylation is 3. The molecule has 30 heavy (non-hydrogen) atoms. The maximum Gasteiger partial charge on any atom is 0.229 e. The minimum Gasteiger partial charge on any atom is -0.284 e. The lowest BCUT2D eigenvalue weighted by molar-refractivity contribution is 0.607. The van der Waals surface area contributed by atoms with Crippen molar-refractivity contribution >= 4 is 26.9 Å². The number of nitrogens with one attached hydrogen (secondary N) is 1. The van der Waals surface area contributed by atoms with Crippen LogP contribution in [0.5, 0.6) is 0 Å². The fraction of sp³-hybridized carbons (Fsp3) is 0.200. The zero-order chi connectivity index (χ0) is 21.5. The molecule has 0 unspecified atom stereocenters. The van der Waals surface area contributed by atoms with Crippen LogP contribution >= 0.6 is 0 Å². The molecule has 1 aliphatic rings. The van der Waals surface area contributed by atoms with E-state index in [2.05, 4.69) is 29.8 Å². The lowest BCUT2D eigenvalue weighted by Crippen LogP contribution is -2.09. The number of hydrogen-bond donors (Lipinski definition) is 1. The summed E-state index contributed by atoms with van der Waals surface area (Å²) in [5, 5.41) is 0. The van der Waals surface area contributed by atoms with Gasteiger partial charge < -0.3 is 0 Å². The Kier molecular flexibility index (Phi) is 5.24. The van der Waals surface area contributed by atoms with Crippen molar-refractivity contribution in [3.05, 3.63) is 99.9 Å². The Morgan fingerprint density at radius 1 is 0.933 bits per heavy atom. The van der Waals surface area contributed by atoms with Gasteiger partial charge in [0.15, 0.2) is 0 Å². The van der Waals surface area contributed by atoms with Gasteiger partial charge in [-0.15, -0.1) is 0 Å². The van der Waals surface area contributed by atoms with Gasteiger partial charge >= 0.3 is 0 Å². The van der Waals surface area contributed by atoms with Crippen molar-refractivity contribution in [3.63, 3.8) is 0 Å². The van der Waals surface area contributed by atoms with Crippen molar-refractivity contribution in [2.45, 2.75) is 26.7 Å². The van der Waals surface area contributed by atoms with Gasteiger partial charge in [0.2, 0.25) is 10.0 Å². The summed E-state index contributed by atoms with van der Waals surface area (Å²) in [4.78, 5) is 0. The van der Waals surface area contributed by atoms with Crippen LogP contribution in [0, 0.1) is 12.7 Å². The third kappa shape index (κ3) is 4.17. The summed E-state index contributed by atoms with van der Waals surface area (Å²) in [6.07, 6.45) is 2.76. The van der Waals surface area contributed by atoms with Crippen molar-refractivity contribution < 1.29 is 12.8 Å². The number of rotatable bonds is 3. The SMILES string of the molecule is C/C(=C1/c2ccc(C)cc2CCc2cc(F)ccc21)c1cccc(NS(C)(=O)=O)c1. The Morgan fingerprint density at radius 3 is 2.30 bits per heavy atom. The summed E-state index contributed by atoms with van der Waals surface area (Å²) < 4.78 is 39.9. The molecule has 0 heterocycles. The third-order valence-electron chi connectivity index (χ3n) is 5.50. The van der Waals surface area contributed by atoms with Gasteiger partial charge in [0, 0.05) is 5.69 Å². The minimum absolute atomic E-state index is 0.229. The quantitative estimate of drug-likeness (QED) is 0.600. The summed E-state index contributed by atoms with van der Waals surface area (Å²) in [5.74, 6) is -0.229. The smallest absolute Gasteiger partial charge is 0.229 e. The van der Waals surface area contributed by atoms with E-state index in [0.29, 0.717) is 5.69 Å². The van der Waals surface area contributed by atoms with Crippen molar-refractivity contribution in [2.75, 3.05) is 11.0 Å². The number of allylic oxidation sites excluding steroid dienone is 1. The van der Waals surface area contributed by atoms with E-state index in [9.17, 15) is 12.8 Å².